The van der Waals surface area contributed by atoms with Gasteiger partial charge >= 0.3 is 0 Å². The van der Waals surface area contributed by atoms with Gasteiger partial charge in [-0.1, -0.05) is 23.2 Å². The lowest BCUT2D eigenvalue weighted by Crippen LogP contribution is -2.21. The van der Waals surface area contributed by atoms with E-state index < -0.39 is 10.0 Å². The number of hydrazone groups is 1. The summed E-state index contributed by atoms with van der Waals surface area (Å²) in [6, 6.07) is 12.4. The van der Waals surface area contributed by atoms with E-state index in [0.717, 1.165) is 0 Å². The van der Waals surface area contributed by atoms with Crippen LogP contribution in [-0.4, -0.2) is 21.4 Å². The van der Waals surface area contributed by atoms with Gasteiger partial charge in [-0.25, -0.2) is 0 Å². The third kappa shape index (κ3) is 4.13. The lowest BCUT2D eigenvalue weighted by atomic mass is 10.2. The molecule has 5 nitrogen and oxygen atoms in total. The van der Waals surface area contributed by atoms with Crippen LogP contribution in [-0.2, 0) is 14.8 Å². The Balaban J connectivity index is 2.24. The molecule has 2 rings (SSSR count). The molecule has 8 heteroatoms. The molecule has 116 valence electrons. The fourth-order valence-corrected chi connectivity index (χ4v) is 2.64. The first kappa shape index (κ1) is 16.6. The second-order valence-electron chi connectivity index (χ2n) is 4.18. The van der Waals surface area contributed by atoms with E-state index in [0.29, 0.717) is 15.6 Å². The highest BCUT2D eigenvalue weighted by Gasteiger charge is 2.14. The van der Waals surface area contributed by atoms with Gasteiger partial charge in [-0.2, -0.15) is 13.2 Å². The number of hydrogen-bond acceptors (Lipinski definition) is 4. The predicted octanol–water partition coefficient (Wildman–Crippen LogP) is 3.28. The van der Waals surface area contributed by atoms with E-state index in [2.05, 4.69) is 9.93 Å². The number of ether oxygens (including phenoxy) is 1. The van der Waals surface area contributed by atoms with Crippen LogP contribution in [0.1, 0.15) is 5.56 Å². The molecule has 0 saturated heterocycles. The summed E-state index contributed by atoms with van der Waals surface area (Å²) in [5.74, 6) is 0.120. The van der Waals surface area contributed by atoms with Crippen molar-refractivity contribution in [3.05, 3.63) is 64.1 Å². The highest BCUT2D eigenvalue weighted by Crippen LogP contribution is 2.14. The summed E-state index contributed by atoms with van der Waals surface area (Å²) in [7, 11) is -2.41. The maximum absolute atomic E-state index is 12.1. The van der Waals surface area contributed by atoms with Gasteiger partial charge in [-0.3, -0.25) is 0 Å². The number of hydrogen-bond donors (Lipinski definition) is 1. The van der Waals surface area contributed by atoms with Crippen LogP contribution in [0.4, 0.5) is 0 Å². The lowest BCUT2D eigenvalue weighted by molar-refractivity contribution is 0.401. The summed E-state index contributed by atoms with van der Waals surface area (Å²) in [5.41, 5.74) is 0.589. The van der Waals surface area contributed by atoms with Crippen LogP contribution in [0.3, 0.4) is 0 Å². The van der Waals surface area contributed by atoms with Crippen LogP contribution in [0.5, 0.6) is 0 Å². The number of sulfonamides is 1. The zero-order valence-corrected chi connectivity index (χ0v) is 13.8. The van der Waals surface area contributed by atoms with Crippen molar-refractivity contribution in [2.24, 2.45) is 5.10 Å². The number of halogens is 2. The Hall–Kier alpha value is -1.76. The maximum atomic E-state index is 12.1. The number of benzene rings is 2. The SMILES string of the molecule is CO/C(=N\NS(=O)(=O)c1ccc(Cl)cc1)c1ccc(Cl)cc1. The van der Waals surface area contributed by atoms with E-state index >= 15 is 0 Å². The third-order valence-electron chi connectivity index (χ3n) is 2.68. The van der Waals surface area contributed by atoms with Gasteiger partial charge in [-0.05, 0) is 48.5 Å². The Labute approximate surface area is 138 Å². The molecule has 0 fully saturated rings. The highest BCUT2D eigenvalue weighted by atomic mass is 35.5. The Morgan fingerprint density at radius 3 is 2.00 bits per heavy atom. The average Bonchev–Trinajstić information content (AvgIpc) is 2.50. The zero-order chi connectivity index (χ0) is 16.2. The summed E-state index contributed by atoms with van der Waals surface area (Å²) in [5, 5.41) is 4.79. The first-order valence-corrected chi connectivity index (χ1v) is 8.31. The van der Waals surface area contributed by atoms with Gasteiger partial charge in [0.15, 0.2) is 0 Å². The summed E-state index contributed by atoms with van der Waals surface area (Å²) >= 11 is 11.5. The van der Waals surface area contributed by atoms with E-state index in [-0.39, 0.29) is 10.8 Å². The summed E-state index contributed by atoms with van der Waals surface area (Å²) in [6.07, 6.45) is 0. The van der Waals surface area contributed by atoms with Crippen molar-refractivity contribution in [1.29, 1.82) is 0 Å². The smallest absolute Gasteiger partial charge is 0.276 e. The quantitative estimate of drug-likeness (QED) is 0.518. The molecule has 0 atom stereocenters. The summed E-state index contributed by atoms with van der Waals surface area (Å²) in [6.45, 7) is 0. The van der Waals surface area contributed by atoms with Gasteiger partial charge in [0.1, 0.15) is 0 Å². The van der Waals surface area contributed by atoms with Crippen LogP contribution in [0.25, 0.3) is 0 Å². The Morgan fingerprint density at radius 2 is 1.50 bits per heavy atom. The fourth-order valence-electron chi connectivity index (χ4n) is 1.59. The van der Waals surface area contributed by atoms with Gasteiger partial charge in [0, 0.05) is 15.6 Å². The van der Waals surface area contributed by atoms with Crippen LogP contribution in [0.2, 0.25) is 10.0 Å². The molecule has 1 N–H and O–H groups in total. The minimum absolute atomic E-state index is 0.0483. The normalized spacial score (nSPS) is 12.0. The van der Waals surface area contributed by atoms with Crippen molar-refractivity contribution in [3.63, 3.8) is 0 Å². The van der Waals surface area contributed by atoms with Crippen LogP contribution in [0.15, 0.2) is 58.5 Å². The second-order valence-corrected chi connectivity index (χ2v) is 6.71. The van der Waals surface area contributed by atoms with Crippen molar-refractivity contribution in [1.82, 2.24) is 4.83 Å². The standard InChI is InChI=1S/C14H12Cl2N2O3S/c1-21-14(10-2-4-11(15)5-3-10)17-18-22(19,20)13-8-6-12(16)7-9-13/h2-9,18H,1H3/b17-14-. The average molecular weight is 359 g/mol. The Morgan fingerprint density at radius 1 is 1.00 bits per heavy atom. The minimum atomic E-state index is -3.80. The molecule has 0 saturated carbocycles. The topological polar surface area (TPSA) is 67.8 Å². The largest absolute Gasteiger partial charge is 0.480 e. The van der Waals surface area contributed by atoms with Gasteiger partial charge < -0.3 is 4.74 Å². The predicted molar refractivity (Wildman–Crippen MR) is 86.8 cm³/mol. The zero-order valence-electron chi connectivity index (χ0n) is 11.5. The molecular weight excluding hydrogens is 347 g/mol. The van der Waals surface area contributed by atoms with Crippen molar-refractivity contribution in [3.8, 4) is 0 Å². The maximum Gasteiger partial charge on any atom is 0.276 e. The molecule has 2 aromatic rings. The fraction of sp³-hybridized carbons (Fsp3) is 0.0714. The molecule has 0 amide bonds. The number of rotatable bonds is 4. The molecule has 2 aromatic carbocycles. The number of methoxy groups -OCH3 is 1. The van der Waals surface area contributed by atoms with E-state index in [4.69, 9.17) is 27.9 Å². The highest BCUT2D eigenvalue weighted by molar-refractivity contribution is 7.89. The molecule has 22 heavy (non-hydrogen) atoms. The van der Waals surface area contributed by atoms with Crippen LogP contribution >= 0.6 is 23.2 Å². The van der Waals surface area contributed by atoms with Crippen molar-refractivity contribution in [2.75, 3.05) is 7.11 Å². The molecule has 0 radical (unpaired) electrons. The van der Waals surface area contributed by atoms with Crippen molar-refractivity contribution >= 4 is 39.1 Å². The van der Waals surface area contributed by atoms with Gasteiger partial charge in [0.25, 0.3) is 10.0 Å². The van der Waals surface area contributed by atoms with Gasteiger partial charge in [0.2, 0.25) is 5.90 Å². The molecular formula is C14H12Cl2N2O3S. The molecule has 0 spiro atoms. The summed E-state index contributed by atoms with van der Waals surface area (Å²) < 4.78 is 29.3. The van der Waals surface area contributed by atoms with Crippen LogP contribution < -0.4 is 4.83 Å². The van der Waals surface area contributed by atoms with Gasteiger partial charge in [0.05, 0.1) is 12.0 Å². The van der Waals surface area contributed by atoms with E-state index in [1.165, 1.54) is 31.4 Å². The Kier molecular flexibility index (Phi) is 5.28. The molecule has 0 unspecified atom stereocenters. The first-order valence-electron chi connectivity index (χ1n) is 6.07. The lowest BCUT2D eigenvalue weighted by Gasteiger charge is -2.07. The van der Waals surface area contributed by atoms with E-state index in [9.17, 15) is 8.42 Å². The second kappa shape index (κ2) is 7.00. The minimum Gasteiger partial charge on any atom is -0.480 e. The third-order valence-corrected chi connectivity index (χ3v) is 4.40. The van der Waals surface area contributed by atoms with Crippen molar-refractivity contribution in [2.45, 2.75) is 4.90 Å². The number of nitrogens with zero attached hydrogens (tertiary/aromatic N) is 1. The molecule has 0 heterocycles. The van der Waals surface area contributed by atoms with Crippen molar-refractivity contribution < 1.29 is 13.2 Å². The van der Waals surface area contributed by atoms with Gasteiger partial charge in [-0.15, -0.1) is 5.10 Å². The molecule has 0 aromatic heterocycles. The molecule has 0 aliphatic heterocycles. The molecule has 0 bridgehead atoms. The number of nitrogens with one attached hydrogen (secondary N) is 1. The molecule has 0 aliphatic rings. The van der Waals surface area contributed by atoms with Crippen LogP contribution in [0, 0.1) is 0 Å². The molecule has 0 aliphatic carbocycles. The van der Waals surface area contributed by atoms with E-state index in [1.807, 2.05) is 0 Å². The summed E-state index contributed by atoms with van der Waals surface area (Å²) in [4.78, 5) is 2.17. The first-order chi connectivity index (χ1) is 10.4. The van der Waals surface area contributed by atoms with E-state index in [1.54, 1.807) is 24.3 Å². The Bertz CT molecular complexity index is 773. The monoisotopic (exact) mass is 358 g/mol.